The Hall–Kier alpha value is -3.12. The van der Waals surface area contributed by atoms with Gasteiger partial charge in [0.1, 0.15) is 17.3 Å². The van der Waals surface area contributed by atoms with Gasteiger partial charge in [-0.25, -0.2) is 4.98 Å². The maximum absolute atomic E-state index is 8.86. The molecule has 3 N–H and O–H groups in total. The number of ether oxygens (including phenoxy) is 1. The van der Waals surface area contributed by atoms with E-state index in [0.29, 0.717) is 5.95 Å². The van der Waals surface area contributed by atoms with Crippen LogP contribution in [-0.4, -0.2) is 28.2 Å². The van der Waals surface area contributed by atoms with Gasteiger partial charge in [-0.15, -0.1) is 0 Å². The summed E-state index contributed by atoms with van der Waals surface area (Å²) in [6, 6.07) is 17.5. The Balaban J connectivity index is 1.61. The normalized spacial score (nSPS) is 10.5. The number of hydrogen-bond donors (Lipinski definition) is 3. The minimum Gasteiger partial charge on any atom is -0.457 e. The van der Waals surface area contributed by atoms with E-state index in [-0.39, 0.29) is 6.61 Å². The van der Waals surface area contributed by atoms with Gasteiger partial charge in [0.25, 0.3) is 0 Å². The fraction of sp³-hybridized carbons (Fsp3) is 0.273. The van der Waals surface area contributed by atoms with Crippen molar-refractivity contribution in [3.05, 3.63) is 65.9 Å². The smallest absolute Gasteiger partial charge is 0.229 e. The summed E-state index contributed by atoms with van der Waals surface area (Å²) in [5, 5.41) is 15.3. The molecule has 6 heteroatoms. The summed E-state index contributed by atoms with van der Waals surface area (Å²) >= 11 is 0. The van der Waals surface area contributed by atoms with Gasteiger partial charge in [-0.05, 0) is 63.1 Å². The van der Waals surface area contributed by atoms with E-state index >= 15 is 0 Å². The van der Waals surface area contributed by atoms with Crippen LogP contribution in [0.1, 0.15) is 24.1 Å². The molecule has 3 aromatic rings. The van der Waals surface area contributed by atoms with Crippen LogP contribution in [0.5, 0.6) is 11.5 Å². The van der Waals surface area contributed by atoms with Crippen LogP contribution in [0.25, 0.3) is 0 Å². The Bertz CT molecular complexity index is 880. The average Bonchev–Trinajstić information content (AvgIpc) is 2.68. The maximum atomic E-state index is 8.86. The van der Waals surface area contributed by atoms with E-state index in [4.69, 9.17) is 9.84 Å². The van der Waals surface area contributed by atoms with Gasteiger partial charge in [0.15, 0.2) is 0 Å². The number of nitrogens with zero attached hydrogens (tertiary/aromatic N) is 2. The van der Waals surface area contributed by atoms with Crippen molar-refractivity contribution in [2.75, 3.05) is 23.8 Å². The second kappa shape index (κ2) is 9.71. The van der Waals surface area contributed by atoms with E-state index in [9.17, 15) is 0 Å². The van der Waals surface area contributed by atoms with Crippen molar-refractivity contribution >= 4 is 17.5 Å². The third kappa shape index (κ3) is 5.96. The van der Waals surface area contributed by atoms with Gasteiger partial charge in [0, 0.05) is 30.6 Å². The first-order valence-corrected chi connectivity index (χ1v) is 9.44. The fourth-order valence-electron chi connectivity index (χ4n) is 2.65. The van der Waals surface area contributed by atoms with Crippen LogP contribution in [0.2, 0.25) is 0 Å². The molecule has 0 fully saturated rings. The van der Waals surface area contributed by atoms with E-state index in [1.165, 1.54) is 5.56 Å². The summed E-state index contributed by atoms with van der Waals surface area (Å²) in [6.07, 6.45) is 1.67. The van der Waals surface area contributed by atoms with Gasteiger partial charge in [-0.3, -0.25) is 0 Å². The molecular weight excluding hydrogens is 352 g/mol. The SMILES string of the molecule is Cc1ccc(Oc2ccc(Nc3nc(C)cc(NCCCCO)n3)cc2)cc1. The fourth-order valence-corrected chi connectivity index (χ4v) is 2.65. The highest BCUT2D eigenvalue weighted by atomic mass is 16.5. The first-order chi connectivity index (χ1) is 13.6. The molecule has 0 bridgehead atoms. The molecule has 0 spiro atoms. The van der Waals surface area contributed by atoms with E-state index in [1.54, 1.807) is 0 Å². The summed E-state index contributed by atoms with van der Waals surface area (Å²) in [5.74, 6) is 2.89. The predicted molar refractivity (Wildman–Crippen MR) is 113 cm³/mol. The minimum atomic E-state index is 0.209. The Morgan fingerprint density at radius 1 is 0.893 bits per heavy atom. The van der Waals surface area contributed by atoms with Crippen molar-refractivity contribution in [2.45, 2.75) is 26.7 Å². The molecule has 3 rings (SSSR count). The topological polar surface area (TPSA) is 79.3 Å². The second-order valence-electron chi connectivity index (χ2n) is 6.64. The van der Waals surface area contributed by atoms with Crippen molar-refractivity contribution in [3.8, 4) is 11.5 Å². The summed E-state index contributed by atoms with van der Waals surface area (Å²) in [5.41, 5.74) is 2.96. The third-order valence-electron chi connectivity index (χ3n) is 4.11. The molecule has 28 heavy (non-hydrogen) atoms. The van der Waals surface area contributed by atoms with Gasteiger partial charge < -0.3 is 20.5 Å². The van der Waals surface area contributed by atoms with Gasteiger partial charge in [0.2, 0.25) is 5.95 Å². The summed E-state index contributed by atoms with van der Waals surface area (Å²) in [6.45, 7) is 4.96. The molecule has 0 aliphatic heterocycles. The number of anilines is 3. The number of rotatable bonds is 9. The molecule has 1 heterocycles. The number of aliphatic hydroxyl groups is 1. The third-order valence-corrected chi connectivity index (χ3v) is 4.11. The molecule has 1 aromatic heterocycles. The van der Waals surface area contributed by atoms with Crippen LogP contribution in [0, 0.1) is 13.8 Å². The molecule has 0 atom stereocenters. The molecule has 2 aromatic carbocycles. The lowest BCUT2D eigenvalue weighted by molar-refractivity contribution is 0.286. The van der Waals surface area contributed by atoms with Crippen molar-refractivity contribution in [2.24, 2.45) is 0 Å². The molecule has 146 valence electrons. The quantitative estimate of drug-likeness (QED) is 0.464. The van der Waals surface area contributed by atoms with Gasteiger partial charge >= 0.3 is 0 Å². The lowest BCUT2D eigenvalue weighted by atomic mass is 10.2. The number of hydrogen-bond acceptors (Lipinski definition) is 6. The minimum absolute atomic E-state index is 0.209. The standard InChI is InChI=1S/C22H26N4O2/c1-16-5-9-19(10-6-16)28-20-11-7-18(8-12-20)25-22-24-17(2)15-21(26-22)23-13-3-4-14-27/h5-12,15,27H,3-4,13-14H2,1-2H3,(H2,23,24,25,26). The number of aliphatic hydroxyl groups excluding tert-OH is 1. The van der Waals surface area contributed by atoms with Crippen LogP contribution in [0.15, 0.2) is 54.6 Å². The monoisotopic (exact) mass is 378 g/mol. The number of aryl methyl sites for hydroxylation is 2. The van der Waals surface area contributed by atoms with Gasteiger partial charge in [-0.1, -0.05) is 17.7 Å². The lowest BCUT2D eigenvalue weighted by Gasteiger charge is -2.11. The average molecular weight is 378 g/mol. The molecule has 0 radical (unpaired) electrons. The maximum Gasteiger partial charge on any atom is 0.229 e. The zero-order valence-corrected chi connectivity index (χ0v) is 16.3. The van der Waals surface area contributed by atoms with Gasteiger partial charge in [-0.2, -0.15) is 4.98 Å². The van der Waals surface area contributed by atoms with Crippen molar-refractivity contribution < 1.29 is 9.84 Å². The molecule has 0 aliphatic carbocycles. The van der Waals surface area contributed by atoms with Crippen molar-refractivity contribution in [3.63, 3.8) is 0 Å². The first-order valence-electron chi connectivity index (χ1n) is 9.44. The molecule has 6 nitrogen and oxygen atoms in total. The Labute approximate surface area is 165 Å². The van der Waals surface area contributed by atoms with Crippen LogP contribution >= 0.6 is 0 Å². The van der Waals surface area contributed by atoms with Crippen LogP contribution in [0.3, 0.4) is 0 Å². The van der Waals surface area contributed by atoms with Crippen molar-refractivity contribution in [1.29, 1.82) is 0 Å². The first kappa shape index (κ1) is 19.6. The number of aromatic nitrogens is 2. The summed E-state index contributed by atoms with van der Waals surface area (Å²) in [4.78, 5) is 8.94. The highest BCUT2D eigenvalue weighted by molar-refractivity contribution is 5.56. The largest absolute Gasteiger partial charge is 0.457 e. The number of unbranched alkanes of at least 4 members (excludes halogenated alkanes) is 1. The Kier molecular flexibility index (Phi) is 6.81. The van der Waals surface area contributed by atoms with E-state index < -0.39 is 0 Å². The zero-order chi connectivity index (χ0) is 19.8. The summed E-state index contributed by atoms with van der Waals surface area (Å²) in [7, 11) is 0. The Morgan fingerprint density at radius 2 is 1.57 bits per heavy atom. The number of nitrogens with one attached hydrogen (secondary N) is 2. The molecular formula is C22H26N4O2. The van der Waals surface area contributed by atoms with Crippen LogP contribution in [-0.2, 0) is 0 Å². The molecule has 0 unspecified atom stereocenters. The Morgan fingerprint density at radius 3 is 2.25 bits per heavy atom. The molecule has 0 amide bonds. The van der Waals surface area contributed by atoms with E-state index in [0.717, 1.165) is 48.1 Å². The number of benzene rings is 2. The molecule has 0 saturated heterocycles. The highest BCUT2D eigenvalue weighted by Gasteiger charge is 2.04. The van der Waals surface area contributed by atoms with E-state index in [2.05, 4.69) is 20.6 Å². The lowest BCUT2D eigenvalue weighted by Crippen LogP contribution is -2.07. The highest BCUT2D eigenvalue weighted by Crippen LogP contribution is 2.24. The predicted octanol–water partition coefficient (Wildman–Crippen LogP) is 4.81. The zero-order valence-electron chi connectivity index (χ0n) is 16.3. The molecule has 0 aliphatic rings. The second-order valence-corrected chi connectivity index (χ2v) is 6.64. The summed E-state index contributed by atoms with van der Waals surface area (Å²) < 4.78 is 5.85. The van der Waals surface area contributed by atoms with E-state index in [1.807, 2.05) is 68.4 Å². The van der Waals surface area contributed by atoms with Crippen molar-refractivity contribution in [1.82, 2.24) is 9.97 Å². The van der Waals surface area contributed by atoms with Crippen LogP contribution in [0.4, 0.5) is 17.5 Å². The van der Waals surface area contributed by atoms with Gasteiger partial charge in [0.05, 0.1) is 0 Å². The molecule has 0 saturated carbocycles. The van der Waals surface area contributed by atoms with Crippen LogP contribution < -0.4 is 15.4 Å².